The average molecular weight is 394 g/mol. The lowest BCUT2D eigenvalue weighted by Gasteiger charge is -2.11. The van der Waals surface area contributed by atoms with Crippen LogP contribution in [0, 0.1) is 0 Å². The monoisotopic (exact) mass is 392 g/mol. The molecule has 0 bridgehead atoms. The smallest absolute Gasteiger partial charge is 0.193 e. The number of rotatable bonds is 4. The summed E-state index contributed by atoms with van der Waals surface area (Å²) in [6.07, 6.45) is 0.888. The molecule has 0 aliphatic rings. The van der Waals surface area contributed by atoms with Crippen molar-refractivity contribution < 1.29 is 9.15 Å². The third-order valence-electron chi connectivity index (χ3n) is 3.38. The van der Waals surface area contributed by atoms with E-state index >= 15 is 0 Å². The molecule has 0 saturated heterocycles. The highest BCUT2D eigenvalue weighted by Crippen LogP contribution is 2.34. The molecule has 23 heavy (non-hydrogen) atoms. The third-order valence-corrected chi connectivity index (χ3v) is 4.17. The van der Waals surface area contributed by atoms with Crippen LogP contribution in [0.4, 0.5) is 0 Å². The normalized spacial score (nSPS) is 10.9. The molecular weight excluding hydrogens is 380 g/mol. The summed E-state index contributed by atoms with van der Waals surface area (Å²) in [5.74, 6) is 1.10. The Labute approximate surface area is 147 Å². The predicted octanol–water partition coefficient (Wildman–Crippen LogP) is 5.66. The summed E-state index contributed by atoms with van der Waals surface area (Å²) in [6, 6.07) is 12.2. The Hall–Kier alpha value is -1.78. The molecule has 0 aliphatic heterocycles. The summed E-state index contributed by atoms with van der Waals surface area (Å²) in [4.78, 5) is 12.3. The summed E-state index contributed by atoms with van der Waals surface area (Å²) in [5.41, 5.74) is 0.981. The number of hydrogen-bond donors (Lipinski definition) is 0. The van der Waals surface area contributed by atoms with Crippen LogP contribution in [0.3, 0.4) is 0 Å². The minimum Gasteiger partial charge on any atom is -0.493 e. The van der Waals surface area contributed by atoms with Crippen molar-refractivity contribution in [3.63, 3.8) is 0 Å². The van der Waals surface area contributed by atoms with Crippen molar-refractivity contribution in [3.05, 3.63) is 62.2 Å². The van der Waals surface area contributed by atoms with Crippen molar-refractivity contribution in [2.75, 3.05) is 6.61 Å². The zero-order chi connectivity index (χ0) is 16.4. The first-order valence-corrected chi connectivity index (χ1v) is 8.42. The van der Waals surface area contributed by atoms with Crippen LogP contribution in [0.25, 0.3) is 22.3 Å². The molecule has 3 aromatic rings. The van der Waals surface area contributed by atoms with E-state index in [0.29, 0.717) is 34.1 Å². The SMILES string of the molecule is CCCOc1cc(Br)ccc1-c1cc(=O)c2cccc(Cl)c2o1. The van der Waals surface area contributed by atoms with Gasteiger partial charge in [-0.15, -0.1) is 0 Å². The summed E-state index contributed by atoms with van der Waals surface area (Å²) >= 11 is 9.60. The highest BCUT2D eigenvalue weighted by atomic mass is 79.9. The molecule has 0 spiro atoms. The molecule has 5 heteroatoms. The molecule has 0 fully saturated rings. The van der Waals surface area contributed by atoms with Gasteiger partial charge >= 0.3 is 0 Å². The van der Waals surface area contributed by atoms with Gasteiger partial charge in [0.2, 0.25) is 0 Å². The van der Waals surface area contributed by atoms with Gasteiger partial charge in [0.15, 0.2) is 11.0 Å². The first kappa shape index (κ1) is 16.1. The standard InChI is InChI=1S/C18H14BrClO3/c1-2-8-22-16-9-11(19)6-7-13(16)17-10-15(21)12-4-3-5-14(20)18(12)23-17/h3-7,9-10H,2,8H2,1H3. The highest BCUT2D eigenvalue weighted by Gasteiger charge is 2.13. The average Bonchev–Trinajstić information content (AvgIpc) is 2.54. The molecule has 1 aromatic heterocycles. The van der Waals surface area contributed by atoms with Crippen molar-refractivity contribution in [1.29, 1.82) is 0 Å². The lowest BCUT2D eigenvalue weighted by molar-refractivity contribution is 0.318. The zero-order valence-electron chi connectivity index (χ0n) is 12.4. The molecule has 0 saturated carbocycles. The second-order valence-electron chi connectivity index (χ2n) is 5.08. The van der Waals surface area contributed by atoms with Crippen LogP contribution in [0.1, 0.15) is 13.3 Å². The van der Waals surface area contributed by atoms with E-state index in [2.05, 4.69) is 15.9 Å². The molecule has 0 amide bonds. The van der Waals surface area contributed by atoms with Crippen LogP contribution in [0.15, 0.2) is 56.1 Å². The summed E-state index contributed by atoms with van der Waals surface area (Å²) < 4.78 is 12.6. The van der Waals surface area contributed by atoms with Gasteiger partial charge in [-0.1, -0.05) is 40.5 Å². The topological polar surface area (TPSA) is 39.4 Å². The molecule has 0 aliphatic carbocycles. The lowest BCUT2D eigenvalue weighted by Crippen LogP contribution is -2.02. The Bertz CT molecular complexity index is 918. The highest BCUT2D eigenvalue weighted by molar-refractivity contribution is 9.10. The van der Waals surface area contributed by atoms with Crippen LogP contribution in [-0.4, -0.2) is 6.61 Å². The maximum Gasteiger partial charge on any atom is 0.193 e. The Morgan fingerprint density at radius 2 is 2.04 bits per heavy atom. The van der Waals surface area contributed by atoms with E-state index in [4.69, 9.17) is 20.8 Å². The molecule has 0 radical (unpaired) electrons. The summed E-state index contributed by atoms with van der Waals surface area (Å²) in [6.45, 7) is 2.62. The van der Waals surface area contributed by atoms with E-state index in [1.165, 1.54) is 6.07 Å². The number of para-hydroxylation sites is 1. The van der Waals surface area contributed by atoms with Crippen molar-refractivity contribution in [3.8, 4) is 17.1 Å². The van der Waals surface area contributed by atoms with Gasteiger partial charge in [0.1, 0.15) is 11.5 Å². The minimum absolute atomic E-state index is 0.131. The van der Waals surface area contributed by atoms with Crippen LogP contribution in [0.2, 0.25) is 5.02 Å². The quantitative estimate of drug-likeness (QED) is 0.574. The van der Waals surface area contributed by atoms with Gasteiger partial charge in [0.25, 0.3) is 0 Å². The van der Waals surface area contributed by atoms with Crippen LogP contribution in [-0.2, 0) is 0 Å². The Balaban J connectivity index is 2.21. The van der Waals surface area contributed by atoms with E-state index in [0.717, 1.165) is 16.5 Å². The van der Waals surface area contributed by atoms with E-state index in [-0.39, 0.29) is 5.43 Å². The van der Waals surface area contributed by atoms with Gasteiger partial charge in [-0.05, 0) is 36.8 Å². The number of benzene rings is 2. The van der Waals surface area contributed by atoms with E-state index in [1.807, 2.05) is 25.1 Å². The van der Waals surface area contributed by atoms with Crippen molar-refractivity contribution >= 4 is 38.5 Å². The Morgan fingerprint density at radius 3 is 2.83 bits per heavy atom. The number of ether oxygens (including phenoxy) is 1. The Morgan fingerprint density at radius 1 is 1.22 bits per heavy atom. The molecule has 3 nitrogen and oxygen atoms in total. The van der Waals surface area contributed by atoms with Crippen molar-refractivity contribution in [2.45, 2.75) is 13.3 Å². The molecular formula is C18H14BrClO3. The van der Waals surface area contributed by atoms with Gasteiger partial charge in [-0.25, -0.2) is 0 Å². The lowest BCUT2D eigenvalue weighted by atomic mass is 10.1. The van der Waals surface area contributed by atoms with Gasteiger partial charge in [0, 0.05) is 10.5 Å². The van der Waals surface area contributed by atoms with Crippen molar-refractivity contribution in [1.82, 2.24) is 0 Å². The first-order valence-electron chi connectivity index (χ1n) is 7.25. The zero-order valence-corrected chi connectivity index (χ0v) is 14.8. The molecule has 118 valence electrons. The van der Waals surface area contributed by atoms with E-state index in [9.17, 15) is 4.79 Å². The molecule has 3 rings (SSSR count). The largest absolute Gasteiger partial charge is 0.493 e. The first-order chi connectivity index (χ1) is 11.1. The molecule has 1 heterocycles. The third kappa shape index (κ3) is 3.28. The van der Waals surface area contributed by atoms with Crippen molar-refractivity contribution in [2.24, 2.45) is 0 Å². The van der Waals surface area contributed by atoms with Crippen LogP contribution < -0.4 is 10.2 Å². The van der Waals surface area contributed by atoms with Crippen LogP contribution in [0.5, 0.6) is 5.75 Å². The van der Waals surface area contributed by atoms with E-state index < -0.39 is 0 Å². The molecule has 0 N–H and O–H groups in total. The molecule has 0 atom stereocenters. The van der Waals surface area contributed by atoms with Gasteiger partial charge < -0.3 is 9.15 Å². The fourth-order valence-electron chi connectivity index (χ4n) is 2.31. The van der Waals surface area contributed by atoms with Gasteiger partial charge in [0.05, 0.1) is 22.6 Å². The second kappa shape index (κ2) is 6.77. The predicted molar refractivity (Wildman–Crippen MR) is 96.4 cm³/mol. The maximum absolute atomic E-state index is 12.3. The fraction of sp³-hybridized carbons (Fsp3) is 0.167. The summed E-state index contributed by atoms with van der Waals surface area (Å²) in [7, 11) is 0. The van der Waals surface area contributed by atoms with Crippen LogP contribution >= 0.6 is 27.5 Å². The van der Waals surface area contributed by atoms with E-state index in [1.54, 1.807) is 18.2 Å². The fourth-order valence-corrected chi connectivity index (χ4v) is 2.86. The molecule has 2 aromatic carbocycles. The van der Waals surface area contributed by atoms with Gasteiger partial charge in [-0.3, -0.25) is 4.79 Å². The minimum atomic E-state index is -0.131. The second-order valence-corrected chi connectivity index (χ2v) is 6.40. The Kier molecular flexibility index (Phi) is 4.74. The number of halogens is 2. The molecule has 0 unspecified atom stereocenters. The number of fused-ring (bicyclic) bond motifs is 1. The number of hydrogen-bond acceptors (Lipinski definition) is 3. The summed E-state index contributed by atoms with van der Waals surface area (Å²) in [5, 5.41) is 0.879. The van der Waals surface area contributed by atoms with Gasteiger partial charge in [-0.2, -0.15) is 0 Å². The maximum atomic E-state index is 12.3.